The Kier molecular flexibility index (Phi) is 5.04. The third-order valence-corrected chi connectivity index (χ3v) is 2.86. The number of carbonyl (C=O) groups excluding carboxylic acids is 1. The molecule has 0 aliphatic rings. The summed E-state index contributed by atoms with van der Waals surface area (Å²) in [6.45, 7) is 0.158. The average Bonchev–Trinajstić information content (AvgIpc) is 2.53. The van der Waals surface area contributed by atoms with E-state index in [0.717, 1.165) is 11.4 Å². The minimum Gasteiger partial charge on any atom is -0.497 e. The molecule has 1 amide bonds. The van der Waals surface area contributed by atoms with Gasteiger partial charge in [-0.1, -0.05) is 18.2 Å². The molecule has 21 heavy (non-hydrogen) atoms. The summed E-state index contributed by atoms with van der Waals surface area (Å²) in [5.41, 5.74) is 1.53. The maximum atomic E-state index is 11.9. The van der Waals surface area contributed by atoms with Crippen molar-refractivity contribution in [1.82, 2.24) is 0 Å². The molecule has 0 aliphatic heterocycles. The fourth-order valence-electron chi connectivity index (χ4n) is 1.82. The predicted molar refractivity (Wildman–Crippen MR) is 83.1 cm³/mol. The van der Waals surface area contributed by atoms with E-state index >= 15 is 0 Å². The molecule has 0 radical (unpaired) electrons. The van der Waals surface area contributed by atoms with Crippen LogP contribution in [0.25, 0.3) is 0 Å². The van der Waals surface area contributed by atoms with Crippen LogP contribution in [0.1, 0.15) is 0 Å². The van der Waals surface area contributed by atoms with Crippen LogP contribution in [-0.4, -0.2) is 26.7 Å². The van der Waals surface area contributed by atoms with E-state index < -0.39 is 0 Å². The monoisotopic (exact) mass is 286 g/mol. The standard InChI is InChI=1S/C16H18N2O3/c1-20-14-8-13(9-15(10-14)21-2)17-11-16(19)18-12-6-4-3-5-7-12/h3-10,17H,11H2,1-2H3,(H,18,19). The fraction of sp³-hybridized carbons (Fsp3) is 0.188. The first-order valence-corrected chi connectivity index (χ1v) is 6.53. The van der Waals surface area contributed by atoms with Gasteiger partial charge in [-0.05, 0) is 12.1 Å². The van der Waals surface area contributed by atoms with Crippen LogP contribution >= 0.6 is 0 Å². The second-order valence-corrected chi connectivity index (χ2v) is 4.37. The van der Waals surface area contributed by atoms with Gasteiger partial charge in [0.1, 0.15) is 11.5 Å². The molecule has 0 unspecified atom stereocenters. The Morgan fingerprint density at radius 2 is 1.57 bits per heavy atom. The zero-order valence-electron chi connectivity index (χ0n) is 12.1. The molecule has 2 rings (SSSR count). The lowest BCUT2D eigenvalue weighted by Gasteiger charge is -2.11. The molecule has 0 heterocycles. The van der Waals surface area contributed by atoms with E-state index in [1.54, 1.807) is 32.4 Å². The lowest BCUT2D eigenvalue weighted by atomic mass is 10.2. The highest BCUT2D eigenvalue weighted by molar-refractivity contribution is 5.93. The molecule has 2 aromatic rings. The van der Waals surface area contributed by atoms with Gasteiger partial charge in [0.25, 0.3) is 0 Å². The molecule has 0 atom stereocenters. The van der Waals surface area contributed by atoms with Crippen LogP contribution in [0.4, 0.5) is 11.4 Å². The molecule has 0 aliphatic carbocycles. The zero-order valence-corrected chi connectivity index (χ0v) is 12.1. The Morgan fingerprint density at radius 3 is 2.14 bits per heavy atom. The number of amides is 1. The molecule has 0 aromatic heterocycles. The second kappa shape index (κ2) is 7.19. The van der Waals surface area contributed by atoms with Crippen LogP contribution in [0.5, 0.6) is 11.5 Å². The van der Waals surface area contributed by atoms with Crippen LogP contribution in [0.2, 0.25) is 0 Å². The molecular weight excluding hydrogens is 268 g/mol. The first-order valence-electron chi connectivity index (χ1n) is 6.53. The van der Waals surface area contributed by atoms with Gasteiger partial charge in [0.15, 0.2) is 0 Å². The first-order chi connectivity index (χ1) is 10.2. The highest BCUT2D eigenvalue weighted by Crippen LogP contribution is 2.25. The van der Waals surface area contributed by atoms with E-state index in [1.165, 1.54) is 0 Å². The molecule has 0 fully saturated rings. The highest BCUT2D eigenvalue weighted by atomic mass is 16.5. The summed E-state index contributed by atoms with van der Waals surface area (Å²) in [5.74, 6) is 1.21. The molecular formula is C16H18N2O3. The summed E-state index contributed by atoms with van der Waals surface area (Å²) in [5, 5.41) is 5.85. The lowest BCUT2D eigenvalue weighted by Crippen LogP contribution is -2.21. The Hall–Kier alpha value is -2.69. The lowest BCUT2D eigenvalue weighted by molar-refractivity contribution is -0.114. The predicted octanol–water partition coefficient (Wildman–Crippen LogP) is 2.75. The van der Waals surface area contributed by atoms with Crippen LogP contribution in [0.3, 0.4) is 0 Å². The molecule has 5 heteroatoms. The van der Waals surface area contributed by atoms with Gasteiger partial charge >= 0.3 is 0 Å². The van der Waals surface area contributed by atoms with E-state index in [-0.39, 0.29) is 12.5 Å². The number of hydrogen-bond acceptors (Lipinski definition) is 4. The van der Waals surface area contributed by atoms with Gasteiger partial charge in [0.2, 0.25) is 5.91 Å². The molecule has 2 aromatic carbocycles. The van der Waals surface area contributed by atoms with Crippen molar-refractivity contribution in [3.8, 4) is 11.5 Å². The van der Waals surface area contributed by atoms with Gasteiger partial charge in [-0.2, -0.15) is 0 Å². The average molecular weight is 286 g/mol. The maximum Gasteiger partial charge on any atom is 0.243 e. The van der Waals surface area contributed by atoms with Crippen molar-refractivity contribution in [2.24, 2.45) is 0 Å². The number of benzene rings is 2. The largest absolute Gasteiger partial charge is 0.497 e. The fourth-order valence-corrected chi connectivity index (χ4v) is 1.82. The topological polar surface area (TPSA) is 59.6 Å². The smallest absolute Gasteiger partial charge is 0.243 e. The molecule has 0 bridgehead atoms. The summed E-state index contributed by atoms with van der Waals surface area (Å²) in [6, 6.07) is 14.7. The van der Waals surface area contributed by atoms with Crippen LogP contribution in [0.15, 0.2) is 48.5 Å². The number of nitrogens with one attached hydrogen (secondary N) is 2. The summed E-state index contributed by atoms with van der Waals surface area (Å²) in [4.78, 5) is 11.9. The van der Waals surface area contributed by atoms with Crippen molar-refractivity contribution in [2.75, 3.05) is 31.4 Å². The molecule has 0 saturated carbocycles. The molecule has 0 saturated heterocycles. The van der Waals surface area contributed by atoms with E-state index in [4.69, 9.17) is 9.47 Å². The molecule has 0 spiro atoms. The number of hydrogen-bond donors (Lipinski definition) is 2. The van der Waals surface area contributed by atoms with Gasteiger partial charge < -0.3 is 20.1 Å². The Labute approximate surface area is 123 Å². The Balaban J connectivity index is 1.94. The minimum atomic E-state index is -0.122. The van der Waals surface area contributed by atoms with Crippen molar-refractivity contribution in [1.29, 1.82) is 0 Å². The van der Waals surface area contributed by atoms with E-state index in [2.05, 4.69) is 10.6 Å². The van der Waals surface area contributed by atoms with Crippen LogP contribution in [-0.2, 0) is 4.79 Å². The molecule has 5 nitrogen and oxygen atoms in total. The van der Waals surface area contributed by atoms with Crippen molar-refractivity contribution < 1.29 is 14.3 Å². The third kappa shape index (κ3) is 4.42. The van der Waals surface area contributed by atoms with E-state index in [9.17, 15) is 4.79 Å². The number of ether oxygens (including phenoxy) is 2. The first kappa shape index (κ1) is 14.7. The number of methoxy groups -OCH3 is 2. The SMILES string of the molecule is COc1cc(NCC(=O)Nc2ccccc2)cc(OC)c1. The quantitative estimate of drug-likeness (QED) is 0.857. The number of anilines is 2. The zero-order chi connectivity index (χ0) is 15.1. The third-order valence-electron chi connectivity index (χ3n) is 2.86. The summed E-state index contributed by atoms with van der Waals surface area (Å²) < 4.78 is 10.4. The molecule has 110 valence electrons. The van der Waals surface area contributed by atoms with Gasteiger partial charge in [-0.25, -0.2) is 0 Å². The Bertz CT molecular complexity index is 577. The van der Waals surface area contributed by atoms with E-state index in [0.29, 0.717) is 11.5 Å². The highest BCUT2D eigenvalue weighted by Gasteiger charge is 2.05. The van der Waals surface area contributed by atoms with Gasteiger partial charge in [-0.3, -0.25) is 4.79 Å². The summed E-state index contributed by atoms with van der Waals surface area (Å²) in [7, 11) is 3.17. The van der Waals surface area contributed by atoms with E-state index in [1.807, 2.05) is 30.3 Å². The van der Waals surface area contributed by atoms with Gasteiger partial charge in [-0.15, -0.1) is 0 Å². The Morgan fingerprint density at radius 1 is 0.952 bits per heavy atom. The van der Waals surface area contributed by atoms with Crippen molar-refractivity contribution in [3.05, 3.63) is 48.5 Å². The minimum absolute atomic E-state index is 0.122. The summed E-state index contributed by atoms with van der Waals surface area (Å²) in [6.07, 6.45) is 0. The van der Waals surface area contributed by atoms with Gasteiger partial charge in [0, 0.05) is 29.6 Å². The number of para-hydroxylation sites is 1. The van der Waals surface area contributed by atoms with Crippen molar-refractivity contribution in [3.63, 3.8) is 0 Å². The normalized spacial score (nSPS) is 9.81. The van der Waals surface area contributed by atoms with Crippen molar-refractivity contribution >= 4 is 17.3 Å². The molecule has 2 N–H and O–H groups in total. The van der Waals surface area contributed by atoms with Crippen LogP contribution < -0.4 is 20.1 Å². The van der Waals surface area contributed by atoms with Crippen molar-refractivity contribution in [2.45, 2.75) is 0 Å². The maximum absolute atomic E-state index is 11.9. The summed E-state index contributed by atoms with van der Waals surface area (Å²) >= 11 is 0. The van der Waals surface area contributed by atoms with Crippen LogP contribution in [0, 0.1) is 0 Å². The second-order valence-electron chi connectivity index (χ2n) is 4.37. The number of carbonyl (C=O) groups is 1. The number of rotatable bonds is 6. The van der Waals surface area contributed by atoms with Gasteiger partial charge in [0.05, 0.1) is 20.8 Å².